The number of amides is 1. The quantitative estimate of drug-likeness (QED) is 0.608. The summed E-state index contributed by atoms with van der Waals surface area (Å²) in [7, 11) is -3.56. The molecule has 32 heavy (non-hydrogen) atoms. The largest absolute Gasteiger partial charge is 0.324 e. The fraction of sp³-hybridized carbons (Fsp3) is 0.333. The summed E-state index contributed by atoms with van der Waals surface area (Å²) in [4.78, 5) is 13.6. The summed E-state index contributed by atoms with van der Waals surface area (Å²) < 4.78 is 41.0. The molecule has 0 bridgehead atoms. The van der Waals surface area contributed by atoms with Crippen molar-refractivity contribution in [2.75, 3.05) is 18.4 Å². The number of rotatable bonds is 6. The predicted octanol–water partition coefficient (Wildman–Crippen LogP) is 2.54. The number of hydrogen-bond acceptors (Lipinski definition) is 6. The molecular weight excluding hydrogens is 435 g/mol. The van der Waals surface area contributed by atoms with Crippen molar-refractivity contribution in [3.05, 3.63) is 54.3 Å². The monoisotopic (exact) mass is 458 g/mol. The smallest absolute Gasteiger partial charge is 0.248 e. The van der Waals surface area contributed by atoms with Crippen LogP contribution in [0.15, 0.2) is 53.4 Å². The molecule has 1 N–H and O–H groups in total. The molecule has 1 aliphatic heterocycles. The fourth-order valence-corrected chi connectivity index (χ4v) is 5.21. The second-order valence-electron chi connectivity index (χ2n) is 7.81. The lowest BCUT2D eigenvalue weighted by molar-refractivity contribution is -0.117. The minimum absolute atomic E-state index is 0.0810. The Balaban J connectivity index is 1.39. The molecule has 0 aliphatic carbocycles. The average Bonchev–Trinajstić information content (AvgIpc) is 3.22. The Bertz CT molecular complexity index is 1210. The van der Waals surface area contributed by atoms with E-state index in [1.807, 2.05) is 6.92 Å². The molecule has 1 aliphatic rings. The number of tetrazole rings is 1. The van der Waals surface area contributed by atoms with E-state index in [4.69, 9.17) is 0 Å². The summed E-state index contributed by atoms with van der Waals surface area (Å²) in [5.74, 6) is -0.493. The zero-order chi connectivity index (χ0) is 22.7. The van der Waals surface area contributed by atoms with Crippen molar-refractivity contribution in [1.29, 1.82) is 0 Å². The van der Waals surface area contributed by atoms with E-state index in [0.717, 1.165) is 17.6 Å². The van der Waals surface area contributed by atoms with Crippen molar-refractivity contribution < 1.29 is 17.6 Å². The topological polar surface area (TPSA) is 110 Å². The van der Waals surface area contributed by atoms with Gasteiger partial charge in [-0.15, -0.1) is 10.2 Å². The first-order chi connectivity index (χ1) is 15.3. The molecule has 3 aromatic rings. The predicted molar refractivity (Wildman–Crippen MR) is 115 cm³/mol. The third kappa shape index (κ3) is 4.83. The number of benzene rings is 2. The molecule has 1 saturated heterocycles. The highest BCUT2D eigenvalue weighted by Crippen LogP contribution is 2.24. The van der Waals surface area contributed by atoms with Crippen LogP contribution in [-0.2, 0) is 21.4 Å². The summed E-state index contributed by atoms with van der Waals surface area (Å²) in [6, 6.07) is 12.1. The number of nitrogens with one attached hydrogen (secondary N) is 1. The Morgan fingerprint density at radius 1 is 1.19 bits per heavy atom. The van der Waals surface area contributed by atoms with Crippen molar-refractivity contribution in [3.63, 3.8) is 0 Å². The van der Waals surface area contributed by atoms with Crippen LogP contribution in [0.5, 0.6) is 0 Å². The van der Waals surface area contributed by atoms with E-state index in [2.05, 4.69) is 20.7 Å². The first kappa shape index (κ1) is 22.0. The molecule has 1 fully saturated rings. The highest BCUT2D eigenvalue weighted by atomic mass is 32.2. The Labute approximate surface area is 185 Å². The summed E-state index contributed by atoms with van der Waals surface area (Å²) in [5.41, 5.74) is 0.634. The van der Waals surface area contributed by atoms with Crippen LogP contribution in [0.25, 0.3) is 11.4 Å². The number of piperidine rings is 1. The van der Waals surface area contributed by atoms with E-state index in [1.54, 1.807) is 12.1 Å². The van der Waals surface area contributed by atoms with Crippen molar-refractivity contribution in [3.8, 4) is 11.4 Å². The van der Waals surface area contributed by atoms with Crippen LogP contribution in [-0.4, -0.2) is 51.9 Å². The van der Waals surface area contributed by atoms with Crippen LogP contribution in [0.2, 0.25) is 0 Å². The van der Waals surface area contributed by atoms with Crippen LogP contribution >= 0.6 is 0 Å². The first-order valence-electron chi connectivity index (χ1n) is 10.3. The number of carbonyl (C=O) groups excluding carboxylic acids is 1. The number of halogens is 1. The maximum atomic E-state index is 13.8. The standard InChI is InChI=1S/C21H23FN6O3S/c1-15-5-4-12-27(13-15)32(30,31)17-10-8-16(9-11-17)23-20(29)14-28-25-21(24-26-28)18-6-2-3-7-19(18)22/h2-3,6-11,15H,4-5,12-14H2,1H3,(H,23,29)/t15-/m1/s1. The minimum Gasteiger partial charge on any atom is -0.324 e. The van der Waals surface area contributed by atoms with Gasteiger partial charge in [-0.05, 0) is 60.4 Å². The van der Waals surface area contributed by atoms with E-state index in [9.17, 15) is 17.6 Å². The van der Waals surface area contributed by atoms with E-state index in [1.165, 1.54) is 40.7 Å². The van der Waals surface area contributed by atoms with Crippen molar-refractivity contribution >= 4 is 21.6 Å². The zero-order valence-corrected chi connectivity index (χ0v) is 18.3. The second kappa shape index (κ2) is 9.13. The lowest BCUT2D eigenvalue weighted by Crippen LogP contribution is -2.39. The molecule has 1 aromatic heterocycles. The Hall–Kier alpha value is -3.18. The van der Waals surface area contributed by atoms with Gasteiger partial charge in [-0.1, -0.05) is 19.1 Å². The molecule has 9 nitrogen and oxygen atoms in total. The molecule has 0 saturated carbocycles. The number of aromatic nitrogens is 4. The van der Waals surface area contributed by atoms with Gasteiger partial charge in [0.25, 0.3) is 0 Å². The normalized spacial score (nSPS) is 17.2. The van der Waals surface area contributed by atoms with Crippen LogP contribution < -0.4 is 5.32 Å². The molecule has 2 heterocycles. The van der Waals surface area contributed by atoms with E-state index in [0.29, 0.717) is 24.7 Å². The molecular formula is C21H23FN6O3S. The van der Waals surface area contributed by atoms with Gasteiger partial charge in [0.15, 0.2) is 0 Å². The maximum absolute atomic E-state index is 13.8. The number of sulfonamides is 1. The molecule has 1 amide bonds. The van der Waals surface area contributed by atoms with Gasteiger partial charge in [0.05, 0.1) is 10.5 Å². The summed E-state index contributed by atoms with van der Waals surface area (Å²) in [5, 5.41) is 14.3. The third-order valence-corrected chi connectivity index (χ3v) is 7.13. The van der Waals surface area contributed by atoms with Crippen molar-refractivity contribution in [2.24, 2.45) is 5.92 Å². The fourth-order valence-electron chi connectivity index (χ4n) is 3.61. The van der Waals surface area contributed by atoms with E-state index < -0.39 is 21.7 Å². The molecule has 0 unspecified atom stereocenters. The summed E-state index contributed by atoms with van der Waals surface area (Å²) >= 11 is 0. The molecule has 0 radical (unpaired) electrons. The lowest BCUT2D eigenvalue weighted by atomic mass is 10.0. The highest BCUT2D eigenvalue weighted by molar-refractivity contribution is 7.89. The van der Waals surface area contributed by atoms with Gasteiger partial charge in [0, 0.05) is 18.8 Å². The molecule has 4 rings (SSSR count). The average molecular weight is 459 g/mol. The Kier molecular flexibility index (Phi) is 6.28. The summed E-state index contributed by atoms with van der Waals surface area (Å²) in [6.07, 6.45) is 1.88. The van der Waals surface area contributed by atoms with Crippen LogP contribution in [0.4, 0.5) is 10.1 Å². The van der Waals surface area contributed by atoms with Crippen molar-refractivity contribution in [1.82, 2.24) is 24.5 Å². The molecule has 168 valence electrons. The number of hydrogen-bond donors (Lipinski definition) is 1. The highest BCUT2D eigenvalue weighted by Gasteiger charge is 2.28. The number of nitrogens with zero attached hydrogens (tertiary/aromatic N) is 5. The lowest BCUT2D eigenvalue weighted by Gasteiger charge is -2.30. The van der Waals surface area contributed by atoms with Crippen LogP contribution in [0.1, 0.15) is 19.8 Å². The zero-order valence-electron chi connectivity index (χ0n) is 17.5. The van der Waals surface area contributed by atoms with Crippen LogP contribution in [0.3, 0.4) is 0 Å². The third-order valence-electron chi connectivity index (χ3n) is 5.25. The second-order valence-corrected chi connectivity index (χ2v) is 9.74. The van der Waals surface area contributed by atoms with Gasteiger partial charge in [-0.25, -0.2) is 12.8 Å². The SMILES string of the molecule is C[C@@H]1CCCN(S(=O)(=O)c2ccc(NC(=O)Cn3nnc(-c4ccccc4F)n3)cc2)C1. The van der Waals surface area contributed by atoms with Crippen molar-refractivity contribution in [2.45, 2.75) is 31.2 Å². The minimum atomic E-state index is -3.56. The molecule has 11 heteroatoms. The van der Waals surface area contributed by atoms with Gasteiger partial charge >= 0.3 is 0 Å². The molecule has 2 aromatic carbocycles. The van der Waals surface area contributed by atoms with Gasteiger partial charge in [-0.2, -0.15) is 9.10 Å². The summed E-state index contributed by atoms with van der Waals surface area (Å²) in [6.45, 7) is 2.85. The first-order valence-corrected chi connectivity index (χ1v) is 11.7. The molecule has 0 spiro atoms. The number of anilines is 1. The Morgan fingerprint density at radius 3 is 2.66 bits per heavy atom. The van der Waals surface area contributed by atoms with Gasteiger partial charge in [0.1, 0.15) is 12.4 Å². The van der Waals surface area contributed by atoms with Crippen LogP contribution in [0, 0.1) is 11.7 Å². The van der Waals surface area contributed by atoms with Gasteiger partial charge in [-0.3, -0.25) is 4.79 Å². The van der Waals surface area contributed by atoms with E-state index in [-0.39, 0.29) is 22.8 Å². The van der Waals surface area contributed by atoms with Gasteiger partial charge < -0.3 is 5.32 Å². The van der Waals surface area contributed by atoms with Gasteiger partial charge in [0.2, 0.25) is 21.8 Å². The van der Waals surface area contributed by atoms with E-state index >= 15 is 0 Å². The number of carbonyl (C=O) groups is 1. The Morgan fingerprint density at radius 2 is 1.94 bits per heavy atom. The maximum Gasteiger partial charge on any atom is 0.248 e. The molecule has 1 atom stereocenters.